The quantitative estimate of drug-likeness (QED) is 0.773. The summed E-state index contributed by atoms with van der Waals surface area (Å²) >= 11 is 0. The summed E-state index contributed by atoms with van der Waals surface area (Å²) in [4.78, 5) is 2.41. The molecule has 0 radical (unpaired) electrons. The number of nitrogens with zero attached hydrogens (tertiary/aromatic N) is 3. The van der Waals surface area contributed by atoms with Gasteiger partial charge in [-0.05, 0) is 20.8 Å². The van der Waals surface area contributed by atoms with Gasteiger partial charge in [0, 0.05) is 31.7 Å². The van der Waals surface area contributed by atoms with Gasteiger partial charge in [-0.2, -0.15) is 0 Å². The fourth-order valence-corrected chi connectivity index (χ4v) is 1.90. The molecule has 2 atom stereocenters. The number of hydrogen-bond acceptors (Lipinski definition) is 5. The molecule has 1 aliphatic heterocycles. The highest BCUT2D eigenvalue weighted by Gasteiger charge is 2.23. The lowest BCUT2D eigenvalue weighted by molar-refractivity contribution is 0.135. The molecular formula is C10H18N4O. The summed E-state index contributed by atoms with van der Waals surface area (Å²) in [7, 11) is 0. The lowest BCUT2D eigenvalue weighted by atomic mass is 10.1. The van der Waals surface area contributed by atoms with Crippen LogP contribution in [0.1, 0.15) is 25.2 Å². The van der Waals surface area contributed by atoms with E-state index >= 15 is 0 Å². The molecule has 0 bridgehead atoms. The molecule has 1 aliphatic rings. The van der Waals surface area contributed by atoms with Crippen molar-refractivity contribution in [1.82, 2.24) is 20.5 Å². The molecule has 0 amide bonds. The second kappa shape index (κ2) is 4.28. The number of hydrogen-bond donors (Lipinski definition) is 1. The van der Waals surface area contributed by atoms with Gasteiger partial charge in [0.15, 0.2) is 0 Å². The van der Waals surface area contributed by atoms with Gasteiger partial charge in [-0.3, -0.25) is 4.90 Å². The van der Waals surface area contributed by atoms with E-state index in [1.54, 1.807) is 0 Å². The van der Waals surface area contributed by atoms with Gasteiger partial charge in [-0.15, -0.1) is 0 Å². The Morgan fingerprint density at radius 3 is 2.93 bits per heavy atom. The van der Waals surface area contributed by atoms with Crippen molar-refractivity contribution >= 4 is 0 Å². The lowest BCUT2D eigenvalue weighted by Gasteiger charge is -2.36. The Hall–Kier alpha value is -0.940. The van der Waals surface area contributed by atoms with Crippen LogP contribution in [0.4, 0.5) is 0 Å². The molecule has 0 aromatic carbocycles. The first-order valence-corrected chi connectivity index (χ1v) is 5.42. The van der Waals surface area contributed by atoms with Crippen LogP contribution in [0.2, 0.25) is 0 Å². The average molecular weight is 210 g/mol. The maximum absolute atomic E-state index is 4.71. The molecule has 1 saturated heterocycles. The van der Waals surface area contributed by atoms with Gasteiger partial charge in [0.1, 0.15) is 11.4 Å². The predicted octanol–water partition coefficient (Wildman–Crippen LogP) is 0.560. The van der Waals surface area contributed by atoms with Crippen LogP contribution in [0, 0.1) is 6.92 Å². The van der Waals surface area contributed by atoms with Crippen LogP contribution in [0.15, 0.2) is 4.63 Å². The fraction of sp³-hybridized carbons (Fsp3) is 0.800. The molecule has 2 rings (SSSR count). The second-order valence-corrected chi connectivity index (χ2v) is 4.38. The molecule has 5 nitrogen and oxygen atoms in total. The topological polar surface area (TPSA) is 54.2 Å². The third-order valence-electron chi connectivity index (χ3n) is 2.99. The molecule has 2 unspecified atom stereocenters. The van der Waals surface area contributed by atoms with E-state index in [-0.39, 0.29) is 0 Å². The Labute approximate surface area is 89.8 Å². The van der Waals surface area contributed by atoms with Crippen LogP contribution in [0.5, 0.6) is 0 Å². The molecule has 0 saturated carbocycles. The highest BCUT2D eigenvalue weighted by Crippen LogP contribution is 2.12. The maximum atomic E-state index is 4.71. The SMILES string of the molecule is Cc1nonc1CN1CC(C)NCC1C. The van der Waals surface area contributed by atoms with Gasteiger partial charge in [0.05, 0.1) is 0 Å². The van der Waals surface area contributed by atoms with E-state index in [0.717, 1.165) is 31.0 Å². The van der Waals surface area contributed by atoms with Crippen LogP contribution in [-0.2, 0) is 6.54 Å². The Kier molecular flexibility index (Phi) is 3.02. The normalized spacial score (nSPS) is 28.2. The summed E-state index contributed by atoms with van der Waals surface area (Å²) in [5, 5.41) is 11.2. The van der Waals surface area contributed by atoms with Crippen molar-refractivity contribution in [1.29, 1.82) is 0 Å². The molecule has 15 heavy (non-hydrogen) atoms. The van der Waals surface area contributed by atoms with Gasteiger partial charge in [-0.1, -0.05) is 10.3 Å². The van der Waals surface area contributed by atoms with Crippen molar-refractivity contribution in [2.45, 2.75) is 39.4 Å². The summed E-state index contributed by atoms with van der Waals surface area (Å²) in [6, 6.07) is 1.08. The van der Waals surface area contributed by atoms with E-state index in [2.05, 4.69) is 34.4 Å². The Morgan fingerprint density at radius 1 is 1.47 bits per heavy atom. The zero-order chi connectivity index (χ0) is 10.8. The molecule has 0 aliphatic carbocycles. The monoisotopic (exact) mass is 210 g/mol. The average Bonchev–Trinajstić information content (AvgIpc) is 2.58. The van der Waals surface area contributed by atoms with Crippen LogP contribution < -0.4 is 5.32 Å². The number of nitrogens with one attached hydrogen (secondary N) is 1. The molecular weight excluding hydrogens is 192 g/mol. The highest BCUT2D eigenvalue weighted by atomic mass is 16.6. The standard InChI is InChI=1S/C10H18N4O/c1-7-5-14(8(2)4-11-7)6-10-9(3)12-15-13-10/h7-8,11H,4-6H2,1-3H3. The third-order valence-corrected chi connectivity index (χ3v) is 2.99. The molecule has 1 fully saturated rings. The van der Waals surface area contributed by atoms with Crippen LogP contribution in [-0.4, -0.2) is 40.4 Å². The first-order chi connectivity index (χ1) is 7.16. The summed E-state index contributed by atoms with van der Waals surface area (Å²) in [6.45, 7) is 9.28. The number of piperazine rings is 1. The van der Waals surface area contributed by atoms with Crippen molar-refractivity contribution in [3.8, 4) is 0 Å². The first kappa shape index (κ1) is 10.6. The molecule has 1 N–H and O–H groups in total. The summed E-state index contributed by atoms with van der Waals surface area (Å²) in [5.74, 6) is 0. The minimum atomic E-state index is 0.539. The predicted molar refractivity (Wildman–Crippen MR) is 56.4 cm³/mol. The van der Waals surface area contributed by atoms with E-state index in [1.165, 1.54) is 0 Å². The van der Waals surface area contributed by atoms with Crippen molar-refractivity contribution in [2.75, 3.05) is 13.1 Å². The summed E-state index contributed by atoms with van der Waals surface area (Å²) in [6.07, 6.45) is 0. The number of aromatic nitrogens is 2. The highest BCUT2D eigenvalue weighted by molar-refractivity contribution is 5.05. The molecule has 2 heterocycles. The zero-order valence-corrected chi connectivity index (χ0v) is 9.53. The second-order valence-electron chi connectivity index (χ2n) is 4.38. The third kappa shape index (κ3) is 2.35. The van der Waals surface area contributed by atoms with Gasteiger partial charge in [-0.25, -0.2) is 4.63 Å². The van der Waals surface area contributed by atoms with Crippen LogP contribution in [0.3, 0.4) is 0 Å². The summed E-state index contributed by atoms with van der Waals surface area (Å²) < 4.78 is 4.71. The number of rotatable bonds is 2. The first-order valence-electron chi connectivity index (χ1n) is 5.42. The van der Waals surface area contributed by atoms with Gasteiger partial charge in [0.25, 0.3) is 0 Å². The van der Waals surface area contributed by atoms with E-state index in [0.29, 0.717) is 12.1 Å². The van der Waals surface area contributed by atoms with Gasteiger partial charge < -0.3 is 5.32 Å². The van der Waals surface area contributed by atoms with Gasteiger partial charge in [0.2, 0.25) is 0 Å². The fourth-order valence-electron chi connectivity index (χ4n) is 1.90. The molecule has 0 spiro atoms. The summed E-state index contributed by atoms with van der Waals surface area (Å²) in [5.41, 5.74) is 1.85. The van der Waals surface area contributed by atoms with Crippen molar-refractivity contribution in [3.05, 3.63) is 11.4 Å². The van der Waals surface area contributed by atoms with E-state index in [9.17, 15) is 0 Å². The van der Waals surface area contributed by atoms with E-state index in [1.807, 2.05) is 6.92 Å². The lowest BCUT2D eigenvalue weighted by Crippen LogP contribution is -2.53. The maximum Gasteiger partial charge on any atom is 0.122 e. The van der Waals surface area contributed by atoms with E-state index in [4.69, 9.17) is 4.63 Å². The number of aryl methyl sites for hydroxylation is 1. The van der Waals surface area contributed by atoms with Gasteiger partial charge >= 0.3 is 0 Å². The minimum absolute atomic E-state index is 0.539. The van der Waals surface area contributed by atoms with Crippen molar-refractivity contribution in [3.63, 3.8) is 0 Å². The smallest absolute Gasteiger partial charge is 0.122 e. The van der Waals surface area contributed by atoms with E-state index < -0.39 is 0 Å². The molecule has 1 aromatic heterocycles. The Bertz CT molecular complexity index is 325. The minimum Gasteiger partial charge on any atom is -0.311 e. The van der Waals surface area contributed by atoms with Crippen LogP contribution in [0.25, 0.3) is 0 Å². The Balaban J connectivity index is 2.01. The molecule has 84 valence electrons. The van der Waals surface area contributed by atoms with Crippen molar-refractivity contribution in [2.24, 2.45) is 0 Å². The molecule has 5 heteroatoms. The Morgan fingerprint density at radius 2 is 2.27 bits per heavy atom. The van der Waals surface area contributed by atoms with Crippen molar-refractivity contribution < 1.29 is 4.63 Å². The molecule has 1 aromatic rings. The zero-order valence-electron chi connectivity index (χ0n) is 9.53. The van der Waals surface area contributed by atoms with Crippen LogP contribution >= 0.6 is 0 Å². The largest absolute Gasteiger partial charge is 0.311 e.